The van der Waals surface area contributed by atoms with Gasteiger partial charge in [0.15, 0.2) is 5.76 Å². The number of amides is 1. The summed E-state index contributed by atoms with van der Waals surface area (Å²) in [4.78, 5) is 17.6. The first-order valence-electron chi connectivity index (χ1n) is 10.5. The Morgan fingerprint density at radius 2 is 1.71 bits per heavy atom. The van der Waals surface area contributed by atoms with Gasteiger partial charge in [-0.2, -0.15) is 0 Å². The monoisotopic (exact) mass is 420 g/mol. The molecule has 1 saturated heterocycles. The van der Waals surface area contributed by atoms with Gasteiger partial charge in [-0.05, 0) is 54.8 Å². The number of ether oxygens (including phenoxy) is 2. The Morgan fingerprint density at radius 1 is 1.00 bits per heavy atom. The Morgan fingerprint density at radius 3 is 2.39 bits per heavy atom. The molecule has 3 aromatic rings. The number of hydrogen-bond acceptors (Lipinski definition) is 5. The SMILES string of the molecule is COc1cccc(CN2CCC(N(C(=O)c3ccco3)c3cccc(OC)c3)CC2)c1. The lowest BCUT2D eigenvalue weighted by Gasteiger charge is -2.38. The van der Waals surface area contributed by atoms with E-state index in [0.29, 0.717) is 5.76 Å². The number of methoxy groups -OCH3 is 2. The molecule has 0 radical (unpaired) electrons. The topological polar surface area (TPSA) is 55.2 Å². The molecule has 162 valence electrons. The maximum atomic E-state index is 13.3. The summed E-state index contributed by atoms with van der Waals surface area (Å²) < 4.78 is 16.1. The predicted octanol–water partition coefficient (Wildman–Crippen LogP) is 4.61. The number of carbonyl (C=O) groups is 1. The van der Waals surface area contributed by atoms with Crippen LogP contribution in [-0.2, 0) is 6.54 Å². The molecule has 1 aliphatic rings. The van der Waals surface area contributed by atoms with Gasteiger partial charge in [-0.25, -0.2) is 0 Å². The van der Waals surface area contributed by atoms with Crippen LogP contribution in [-0.4, -0.2) is 44.2 Å². The molecular weight excluding hydrogens is 392 g/mol. The highest BCUT2D eigenvalue weighted by Gasteiger charge is 2.31. The van der Waals surface area contributed by atoms with Crippen LogP contribution in [0, 0.1) is 0 Å². The van der Waals surface area contributed by atoms with Gasteiger partial charge in [0, 0.05) is 37.4 Å². The zero-order valence-corrected chi connectivity index (χ0v) is 18.0. The third-order valence-corrected chi connectivity index (χ3v) is 5.74. The first-order chi connectivity index (χ1) is 15.2. The average Bonchev–Trinajstić information content (AvgIpc) is 3.36. The highest BCUT2D eigenvalue weighted by atomic mass is 16.5. The van der Waals surface area contributed by atoms with Crippen molar-refractivity contribution in [3.05, 3.63) is 78.3 Å². The quantitative estimate of drug-likeness (QED) is 0.559. The van der Waals surface area contributed by atoms with E-state index in [4.69, 9.17) is 13.9 Å². The molecule has 0 saturated carbocycles. The molecule has 4 rings (SSSR count). The van der Waals surface area contributed by atoms with Crippen LogP contribution in [0.5, 0.6) is 11.5 Å². The molecule has 0 unspecified atom stereocenters. The Hall–Kier alpha value is -3.25. The molecule has 1 aromatic heterocycles. The van der Waals surface area contributed by atoms with Crippen molar-refractivity contribution < 1.29 is 18.7 Å². The molecule has 2 aromatic carbocycles. The number of nitrogens with zero attached hydrogens (tertiary/aromatic N) is 2. The molecule has 1 amide bonds. The second-order valence-corrected chi connectivity index (χ2v) is 7.71. The Kier molecular flexibility index (Phi) is 6.57. The van der Waals surface area contributed by atoms with E-state index in [-0.39, 0.29) is 11.9 Å². The molecule has 6 nitrogen and oxygen atoms in total. The van der Waals surface area contributed by atoms with Crippen LogP contribution in [0.1, 0.15) is 29.0 Å². The van der Waals surface area contributed by atoms with Crippen LogP contribution < -0.4 is 14.4 Å². The number of furan rings is 1. The maximum absolute atomic E-state index is 13.3. The number of rotatable bonds is 7. The fourth-order valence-corrected chi connectivity index (χ4v) is 4.14. The van der Waals surface area contributed by atoms with Crippen LogP contribution in [0.15, 0.2) is 71.3 Å². The molecule has 0 atom stereocenters. The fraction of sp³-hybridized carbons (Fsp3) is 0.320. The highest BCUT2D eigenvalue weighted by molar-refractivity contribution is 6.04. The smallest absolute Gasteiger partial charge is 0.294 e. The van der Waals surface area contributed by atoms with E-state index in [0.717, 1.165) is 49.7 Å². The van der Waals surface area contributed by atoms with Crippen molar-refractivity contribution in [1.82, 2.24) is 4.90 Å². The van der Waals surface area contributed by atoms with E-state index in [1.807, 2.05) is 41.3 Å². The number of likely N-dealkylation sites (tertiary alicyclic amines) is 1. The zero-order chi connectivity index (χ0) is 21.6. The van der Waals surface area contributed by atoms with Gasteiger partial charge >= 0.3 is 0 Å². The van der Waals surface area contributed by atoms with Gasteiger partial charge in [0.2, 0.25) is 0 Å². The molecule has 31 heavy (non-hydrogen) atoms. The largest absolute Gasteiger partial charge is 0.497 e. The highest BCUT2D eigenvalue weighted by Crippen LogP contribution is 2.29. The predicted molar refractivity (Wildman–Crippen MR) is 120 cm³/mol. The summed E-state index contributed by atoms with van der Waals surface area (Å²) in [6, 6.07) is 19.4. The average molecular weight is 421 g/mol. The van der Waals surface area contributed by atoms with E-state index in [2.05, 4.69) is 17.0 Å². The molecule has 0 bridgehead atoms. The molecule has 0 aliphatic carbocycles. The third-order valence-electron chi connectivity index (χ3n) is 5.74. The first kappa shape index (κ1) is 21.0. The van der Waals surface area contributed by atoms with Crippen molar-refractivity contribution in [3.8, 4) is 11.5 Å². The number of piperidine rings is 1. The standard InChI is InChI=1S/C25H28N2O4/c1-29-22-8-3-6-19(16-22)18-26-13-11-20(12-14-26)27(25(28)24-10-5-15-31-24)21-7-4-9-23(17-21)30-2/h3-10,15-17,20H,11-14,18H2,1-2H3. The van der Waals surface area contributed by atoms with E-state index >= 15 is 0 Å². The fourth-order valence-electron chi connectivity index (χ4n) is 4.14. The summed E-state index contributed by atoms with van der Waals surface area (Å²) in [6.45, 7) is 2.69. The Bertz CT molecular complexity index is 994. The van der Waals surface area contributed by atoms with Gasteiger partial charge in [-0.1, -0.05) is 18.2 Å². The molecule has 0 spiro atoms. The van der Waals surface area contributed by atoms with Crippen LogP contribution in [0.25, 0.3) is 0 Å². The van der Waals surface area contributed by atoms with Crippen LogP contribution in [0.3, 0.4) is 0 Å². The third kappa shape index (κ3) is 4.91. The van der Waals surface area contributed by atoms with Crippen molar-refractivity contribution in [3.63, 3.8) is 0 Å². The van der Waals surface area contributed by atoms with Crippen LogP contribution >= 0.6 is 0 Å². The van der Waals surface area contributed by atoms with Gasteiger partial charge in [0.1, 0.15) is 11.5 Å². The number of hydrogen-bond donors (Lipinski definition) is 0. The Labute approximate surface area is 183 Å². The Balaban J connectivity index is 1.49. The molecule has 1 fully saturated rings. The molecule has 2 heterocycles. The second kappa shape index (κ2) is 9.71. The minimum Gasteiger partial charge on any atom is -0.497 e. The van der Waals surface area contributed by atoms with Crippen molar-refractivity contribution in [1.29, 1.82) is 0 Å². The molecule has 1 aliphatic heterocycles. The van der Waals surface area contributed by atoms with Gasteiger partial charge < -0.3 is 18.8 Å². The van der Waals surface area contributed by atoms with E-state index in [1.165, 1.54) is 11.8 Å². The van der Waals surface area contributed by atoms with Crippen molar-refractivity contribution in [2.75, 3.05) is 32.2 Å². The van der Waals surface area contributed by atoms with Crippen LogP contribution in [0.2, 0.25) is 0 Å². The zero-order valence-electron chi connectivity index (χ0n) is 18.0. The summed E-state index contributed by atoms with van der Waals surface area (Å²) >= 11 is 0. The lowest BCUT2D eigenvalue weighted by atomic mass is 10.0. The van der Waals surface area contributed by atoms with Crippen molar-refractivity contribution >= 4 is 11.6 Å². The maximum Gasteiger partial charge on any atom is 0.294 e. The number of benzene rings is 2. The first-order valence-corrected chi connectivity index (χ1v) is 10.5. The lowest BCUT2D eigenvalue weighted by molar-refractivity contribution is 0.0931. The number of carbonyl (C=O) groups excluding carboxylic acids is 1. The van der Waals surface area contributed by atoms with Gasteiger partial charge in [0.25, 0.3) is 5.91 Å². The van der Waals surface area contributed by atoms with Crippen molar-refractivity contribution in [2.45, 2.75) is 25.4 Å². The van der Waals surface area contributed by atoms with E-state index < -0.39 is 0 Å². The molecule has 6 heteroatoms. The van der Waals surface area contributed by atoms with Crippen molar-refractivity contribution in [2.24, 2.45) is 0 Å². The van der Waals surface area contributed by atoms with Crippen LogP contribution in [0.4, 0.5) is 5.69 Å². The van der Waals surface area contributed by atoms with Gasteiger partial charge in [-0.15, -0.1) is 0 Å². The normalized spacial score (nSPS) is 14.9. The molecule has 0 N–H and O–H groups in total. The number of anilines is 1. The lowest BCUT2D eigenvalue weighted by Crippen LogP contribution is -2.47. The van der Waals surface area contributed by atoms with Gasteiger partial charge in [-0.3, -0.25) is 9.69 Å². The summed E-state index contributed by atoms with van der Waals surface area (Å²) in [5.74, 6) is 1.83. The summed E-state index contributed by atoms with van der Waals surface area (Å²) in [5.41, 5.74) is 2.06. The molecular formula is C25H28N2O4. The summed E-state index contributed by atoms with van der Waals surface area (Å²) in [6.07, 6.45) is 3.30. The van der Waals surface area contributed by atoms with Gasteiger partial charge in [0.05, 0.1) is 20.5 Å². The minimum atomic E-state index is -0.121. The summed E-state index contributed by atoms with van der Waals surface area (Å²) in [5, 5.41) is 0. The minimum absolute atomic E-state index is 0.0891. The van der Waals surface area contributed by atoms with E-state index in [1.54, 1.807) is 26.4 Å². The summed E-state index contributed by atoms with van der Waals surface area (Å²) in [7, 11) is 3.32. The van der Waals surface area contributed by atoms with E-state index in [9.17, 15) is 4.79 Å². The second-order valence-electron chi connectivity index (χ2n) is 7.71.